The Labute approximate surface area is 166 Å². The van der Waals surface area contributed by atoms with Crippen LogP contribution < -0.4 is 20.1 Å². The molecule has 0 spiro atoms. The van der Waals surface area contributed by atoms with Crippen molar-refractivity contribution in [1.29, 1.82) is 0 Å². The number of fused-ring (bicyclic) bond motifs is 1. The molecule has 1 amide bonds. The van der Waals surface area contributed by atoms with E-state index in [9.17, 15) is 4.79 Å². The molecule has 5 nitrogen and oxygen atoms in total. The van der Waals surface area contributed by atoms with Gasteiger partial charge < -0.3 is 20.1 Å². The molecule has 1 aromatic carbocycles. The fourth-order valence-corrected chi connectivity index (χ4v) is 3.76. The Morgan fingerprint density at radius 3 is 2.58 bits per heavy atom. The topological polar surface area (TPSA) is 59.6 Å². The number of hydrogen-bond acceptors (Lipinski definition) is 4. The van der Waals surface area contributed by atoms with Crippen LogP contribution in [0.25, 0.3) is 0 Å². The number of benzene rings is 1. The van der Waals surface area contributed by atoms with E-state index in [0.717, 1.165) is 12.1 Å². The summed E-state index contributed by atoms with van der Waals surface area (Å²) in [6, 6.07) is 4.22. The monoisotopic (exact) mass is 402 g/mol. The van der Waals surface area contributed by atoms with E-state index < -0.39 is 0 Å². The van der Waals surface area contributed by atoms with E-state index >= 15 is 0 Å². The van der Waals surface area contributed by atoms with Gasteiger partial charge in [0, 0.05) is 19.1 Å². The van der Waals surface area contributed by atoms with Gasteiger partial charge in [-0.1, -0.05) is 37.3 Å². The number of amides is 1. The maximum atomic E-state index is 12.1. The van der Waals surface area contributed by atoms with Crippen LogP contribution in [-0.2, 0) is 11.2 Å². The summed E-state index contributed by atoms with van der Waals surface area (Å²) < 4.78 is 11.0. The van der Waals surface area contributed by atoms with E-state index in [1.807, 2.05) is 6.07 Å². The molecule has 1 aliphatic heterocycles. The molecule has 26 heavy (non-hydrogen) atoms. The average Bonchev–Trinajstić information content (AvgIpc) is 2.87. The first kappa shape index (κ1) is 21.1. The molecule has 146 valence electrons. The molecule has 0 radical (unpaired) electrons. The third kappa shape index (κ3) is 6.22. The lowest BCUT2D eigenvalue weighted by molar-refractivity contribution is -0.120. The fraction of sp³-hybridized carbons (Fsp3) is 0.632. The molecule has 2 N–H and O–H groups in total. The average molecular weight is 403 g/mol. The Morgan fingerprint density at radius 1 is 1.08 bits per heavy atom. The zero-order valence-electron chi connectivity index (χ0n) is 15.0. The number of halogens is 2. The van der Waals surface area contributed by atoms with Gasteiger partial charge >= 0.3 is 0 Å². The molecule has 0 bridgehead atoms. The lowest BCUT2D eigenvalue weighted by Crippen LogP contribution is -2.37. The lowest BCUT2D eigenvalue weighted by atomic mass is 10.1. The lowest BCUT2D eigenvalue weighted by Gasteiger charge is -2.20. The van der Waals surface area contributed by atoms with Crippen molar-refractivity contribution >= 4 is 29.9 Å². The molecular formula is C19H28Cl2N2O3. The van der Waals surface area contributed by atoms with Crippen molar-refractivity contribution in [3.8, 4) is 11.5 Å². The first-order valence-corrected chi connectivity index (χ1v) is 9.68. The van der Waals surface area contributed by atoms with Crippen LogP contribution in [0, 0.1) is 0 Å². The molecule has 1 aromatic rings. The van der Waals surface area contributed by atoms with Gasteiger partial charge in [0.05, 0.1) is 11.4 Å². The van der Waals surface area contributed by atoms with Gasteiger partial charge in [0.1, 0.15) is 13.2 Å². The molecule has 2 aliphatic rings. The third-order valence-corrected chi connectivity index (χ3v) is 5.04. The predicted molar refractivity (Wildman–Crippen MR) is 106 cm³/mol. The number of hydrogen-bond donors (Lipinski definition) is 2. The van der Waals surface area contributed by atoms with Crippen molar-refractivity contribution in [2.45, 2.75) is 51.0 Å². The highest BCUT2D eigenvalue weighted by Crippen LogP contribution is 2.38. The normalized spacial score (nSPS) is 17.1. The molecule has 0 saturated heterocycles. The van der Waals surface area contributed by atoms with Gasteiger partial charge in [0.15, 0.2) is 11.5 Å². The Morgan fingerprint density at radius 2 is 1.81 bits per heavy atom. The molecule has 1 saturated carbocycles. The molecule has 1 aliphatic carbocycles. The maximum Gasteiger partial charge on any atom is 0.224 e. The minimum atomic E-state index is -0.00425. The van der Waals surface area contributed by atoms with Crippen molar-refractivity contribution < 1.29 is 14.3 Å². The van der Waals surface area contributed by atoms with Crippen LogP contribution in [0.1, 0.15) is 44.1 Å². The van der Waals surface area contributed by atoms with Crippen LogP contribution in [0.2, 0.25) is 5.02 Å². The van der Waals surface area contributed by atoms with Crippen molar-refractivity contribution in [3.63, 3.8) is 0 Å². The SMILES string of the molecule is Cl.O=C(Cc1cc(Cl)c2c(c1)OCCO2)NCCNC1CCCCCC1. The molecule has 7 heteroatoms. The van der Waals surface area contributed by atoms with Gasteiger partial charge in [0.25, 0.3) is 0 Å². The smallest absolute Gasteiger partial charge is 0.224 e. The van der Waals surface area contributed by atoms with Crippen molar-refractivity contribution in [2.75, 3.05) is 26.3 Å². The van der Waals surface area contributed by atoms with Crippen LogP contribution >= 0.6 is 24.0 Å². The van der Waals surface area contributed by atoms with Crippen LogP contribution in [-0.4, -0.2) is 38.3 Å². The van der Waals surface area contributed by atoms with Gasteiger partial charge in [-0.15, -0.1) is 12.4 Å². The minimum Gasteiger partial charge on any atom is -0.486 e. The van der Waals surface area contributed by atoms with Crippen LogP contribution in [0.5, 0.6) is 11.5 Å². The zero-order valence-corrected chi connectivity index (χ0v) is 16.6. The Kier molecular flexibility index (Phi) is 8.82. The van der Waals surface area contributed by atoms with Crippen LogP contribution in [0.4, 0.5) is 0 Å². The molecule has 1 fully saturated rings. The quantitative estimate of drug-likeness (QED) is 0.564. The second kappa shape index (κ2) is 10.9. The molecular weight excluding hydrogens is 375 g/mol. The number of nitrogens with one attached hydrogen (secondary N) is 2. The largest absolute Gasteiger partial charge is 0.486 e. The maximum absolute atomic E-state index is 12.1. The number of carbonyl (C=O) groups excluding carboxylic acids is 1. The van der Waals surface area contributed by atoms with Crippen LogP contribution in [0.15, 0.2) is 12.1 Å². The fourth-order valence-electron chi connectivity index (χ4n) is 3.48. The highest BCUT2D eigenvalue weighted by molar-refractivity contribution is 6.32. The first-order valence-electron chi connectivity index (χ1n) is 9.30. The number of carbonyl (C=O) groups is 1. The molecule has 0 aromatic heterocycles. The number of rotatable bonds is 6. The van der Waals surface area contributed by atoms with Crippen molar-refractivity contribution in [2.24, 2.45) is 0 Å². The van der Waals surface area contributed by atoms with Gasteiger partial charge in [-0.25, -0.2) is 0 Å². The van der Waals surface area contributed by atoms with E-state index in [1.165, 1.54) is 38.5 Å². The summed E-state index contributed by atoms with van der Waals surface area (Å²) in [6.07, 6.45) is 8.14. The highest BCUT2D eigenvalue weighted by Gasteiger charge is 2.17. The summed E-state index contributed by atoms with van der Waals surface area (Å²) in [5.74, 6) is 1.19. The standard InChI is InChI=1S/C19H27ClN2O3.ClH/c20-16-11-14(12-17-19(16)25-10-9-24-17)13-18(23)22-8-7-21-15-5-3-1-2-4-6-15;/h11-12,15,21H,1-10,13H2,(H,22,23);1H. The summed E-state index contributed by atoms with van der Waals surface area (Å²) in [7, 11) is 0. The van der Waals surface area contributed by atoms with Gasteiger partial charge in [0.2, 0.25) is 5.91 Å². The second-order valence-electron chi connectivity index (χ2n) is 6.77. The Balaban J connectivity index is 0.00000243. The zero-order chi connectivity index (χ0) is 17.5. The Bertz CT molecular complexity index is 590. The number of ether oxygens (including phenoxy) is 2. The van der Waals surface area contributed by atoms with Crippen LogP contribution in [0.3, 0.4) is 0 Å². The van der Waals surface area contributed by atoms with Gasteiger partial charge in [-0.3, -0.25) is 4.79 Å². The summed E-state index contributed by atoms with van der Waals surface area (Å²) in [5.41, 5.74) is 0.837. The minimum absolute atomic E-state index is 0. The molecule has 3 rings (SSSR count). The first-order chi connectivity index (χ1) is 12.2. The third-order valence-electron chi connectivity index (χ3n) is 4.76. The van der Waals surface area contributed by atoms with Crippen molar-refractivity contribution in [3.05, 3.63) is 22.7 Å². The summed E-state index contributed by atoms with van der Waals surface area (Å²) in [5, 5.41) is 7.02. The summed E-state index contributed by atoms with van der Waals surface area (Å²) >= 11 is 6.21. The highest BCUT2D eigenvalue weighted by atomic mass is 35.5. The summed E-state index contributed by atoms with van der Waals surface area (Å²) in [6.45, 7) is 2.47. The second-order valence-corrected chi connectivity index (χ2v) is 7.18. The van der Waals surface area contributed by atoms with Gasteiger partial charge in [-0.2, -0.15) is 0 Å². The van der Waals surface area contributed by atoms with E-state index in [0.29, 0.717) is 48.7 Å². The van der Waals surface area contributed by atoms with Crippen molar-refractivity contribution in [1.82, 2.24) is 10.6 Å². The summed E-state index contributed by atoms with van der Waals surface area (Å²) in [4.78, 5) is 12.1. The van der Waals surface area contributed by atoms with E-state index in [4.69, 9.17) is 21.1 Å². The van der Waals surface area contributed by atoms with E-state index in [2.05, 4.69) is 10.6 Å². The van der Waals surface area contributed by atoms with E-state index in [1.54, 1.807) is 6.07 Å². The molecule has 0 atom stereocenters. The predicted octanol–water partition coefficient (Wildman–Crippen LogP) is 3.50. The van der Waals surface area contributed by atoms with Gasteiger partial charge in [-0.05, 0) is 30.5 Å². The molecule has 0 unspecified atom stereocenters. The molecule has 1 heterocycles. The Hall–Kier alpha value is -1.17. The van der Waals surface area contributed by atoms with E-state index in [-0.39, 0.29) is 18.3 Å².